The highest BCUT2D eigenvalue weighted by Crippen LogP contribution is 2.34. The maximum absolute atomic E-state index is 12.4. The number of rotatable bonds is 7. The van der Waals surface area contributed by atoms with E-state index in [4.69, 9.17) is 4.74 Å². The van der Waals surface area contributed by atoms with Gasteiger partial charge in [0, 0.05) is 6.54 Å². The van der Waals surface area contributed by atoms with Gasteiger partial charge in [0.25, 0.3) is 5.91 Å². The molecular formula is C16H25N3O4S. The van der Waals surface area contributed by atoms with Crippen LogP contribution < -0.4 is 14.4 Å². The number of nitrogens with zero attached hydrogens (tertiary/aromatic N) is 2. The molecule has 0 saturated heterocycles. The van der Waals surface area contributed by atoms with E-state index in [1.54, 1.807) is 31.2 Å². The number of carbonyl (C=O) groups is 1. The van der Waals surface area contributed by atoms with Crippen LogP contribution in [0.2, 0.25) is 0 Å². The van der Waals surface area contributed by atoms with Crippen molar-refractivity contribution in [3.63, 3.8) is 0 Å². The van der Waals surface area contributed by atoms with Crippen molar-refractivity contribution in [2.75, 3.05) is 43.8 Å². The number of anilines is 1. The van der Waals surface area contributed by atoms with E-state index >= 15 is 0 Å². The van der Waals surface area contributed by atoms with E-state index in [0.29, 0.717) is 18.0 Å². The number of hydrogen-bond acceptors (Lipinski definition) is 5. The normalized spacial score (nSPS) is 17.3. The molecule has 0 saturated carbocycles. The number of nitrogens with one attached hydrogen (secondary N) is 1. The van der Waals surface area contributed by atoms with Crippen LogP contribution in [0.15, 0.2) is 24.3 Å². The number of hydrogen-bond donors (Lipinski definition) is 1. The first-order valence-electron chi connectivity index (χ1n) is 8.03. The summed E-state index contributed by atoms with van der Waals surface area (Å²) in [6.07, 6.45) is -0.0282. The Morgan fingerprint density at radius 2 is 2.08 bits per heavy atom. The van der Waals surface area contributed by atoms with Gasteiger partial charge in [-0.3, -0.25) is 9.10 Å². The van der Waals surface area contributed by atoms with Gasteiger partial charge in [0.1, 0.15) is 5.75 Å². The topological polar surface area (TPSA) is 79.0 Å². The Morgan fingerprint density at radius 3 is 2.75 bits per heavy atom. The van der Waals surface area contributed by atoms with E-state index in [0.717, 1.165) is 13.0 Å². The highest BCUT2D eigenvalue weighted by Gasteiger charge is 2.35. The molecule has 1 atom stereocenters. The molecule has 8 heteroatoms. The van der Waals surface area contributed by atoms with Crippen molar-refractivity contribution in [2.45, 2.75) is 19.4 Å². The molecular weight excluding hydrogens is 330 g/mol. The fourth-order valence-electron chi connectivity index (χ4n) is 2.48. The van der Waals surface area contributed by atoms with E-state index in [1.807, 2.05) is 19.0 Å². The number of benzene rings is 1. The number of fused-ring (bicyclic) bond motifs is 1. The minimum absolute atomic E-state index is 0.00724. The van der Waals surface area contributed by atoms with Crippen molar-refractivity contribution < 1.29 is 17.9 Å². The summed E-state index contributed by atoms with van der Waals surface area (Å²) < 4.78 is 31.7. The number of para-hydroxylation sites is 2. The summed E-state index contributed by atoms with van der Waals surface area (Å²) in [4.78, 5) is 14.4. The second-order valence-electron chi connectivity index (χ2n) is 5.95. The summed E-state index contributed by atoms with van der Waals surface area (Å²) in [5.41, 5.74) is 0.482. The van der Waals surface area contributed by atoms with Crippen molar-refractivity contribution in [2.24, 2.45) is 0 Å². The highest BCUT2D eigenvalue weighted by molar-refractivity contribution is 7.92. The molecule has 1 heterocycles. The van der Waals surface area contributed by atoms with Crippen LogP contribution in [-0.4, -0.2) is 64.8 Å². The molecule has 1 aromatic rings. The number of ether oxygens (including phenoxy) is 1. The first-order valence-corrected chi connectivity index (χ1v) is 9.64. The van der Waals surface area contributed by atoms with Gasteiger partial charge in [0.2, 0.25) is 10.0 Å². The van der Waals surface area contributed by atoms with Gasteiger partial charge in [-0.2, -0.15) is 0 Å². The standard InChI is InChI=1S/C16H25N3O4S/c1-4-24(21,22)19-12-15(16(20)17-10-7-11-18(2)3)23-14-9-6-5-8-13(14)19/h5-6,8-9,15H,4,7,10-12H2,1-3H3,(H,17,20). The summed E-state index contributed by atoms with van der Waals surface area (Å²) in [5.74, 6) is 0.0900. The number of carbonyl (C=O) groups excluding carboxylic acids is 1. The van der Waals surface area contributed by atoms with Crippen molar-refractivity contribution in [3.05, 3.63) is 24.3 Å². The molecule has 0 fully saturated rings. The lowest BCUT2D eigenvalue weighted by molar-refractivity contribution is -0.127. The van der Waals surface area contributed by atoms with Crippen molar-refractivity contribution in [1.82, 2.24) is 10.2 Å². The summed E-state index contributed by atoms with van der Waals surface area (Å²) in [6.45, 7) is 2.97. The van der Waals surface area contributed by atoms with Gasteiger partial charge < -0.3 is 15.0 Å². The Labute approximate surface area is 143 Å². The van der Waals surface area contributed by atoms with E-state index < -0.39 is 16.1 Å². The monoisotopic (exact) mass is 355 g/mol. The second-order valence-corrected chi connectivity index (χ2v) is 8.14. The zero-order chi connectivity index (χ0) is 17.7. The SMILES string of the molecule is CCS(=O)(=O)N1CC(C(=O)NCCCN(C)C)Oc2ccccc21. The minimum atomic E-state index is -3.47. The zero-order valence-electron chi connectivity index (χ0n) is 14.4. The molecule has 1 aliphatic heterocycles. The Hall–Kier alpha value is -1.80. The molecule has 0 bridgehead atoms. The van der Waals surface area contributed by atoms with Crippen LogP contribution in [0, 0.1) is 0 Å². The number of amides is 1. The summed E-state index contributed by atoms with van der Waals surface area (Å²) in [6, 6.07) is 6.88. The van der Waals surface area contributed by atoms with Crippen LogP contribution in [0.1, 0.15) is 13.3 Å². The lowest BCUT2D eigenvalue weighted by Gasteiger charge is -2.34. The molecule has 0 radical (unpaired) electrons. The molecule has 0 spiro atoms. The molecule has 7 nitrogen and oxygen atoms in total. The van der Waals surface area contributed by atoms with Crippen LogP contribution in [0.4, 0.5) is 5.69 Å². The van der Waals surface area contributed by atoms with Crippen molar-refractivity contribution in [3.8, 4) is 5.75 Å². The third-order valence-electron chi connectivity index (χ3n) is 3.81. The molecule has 1 N–H and O–H groups in total. The van der Waals surface area contributed by atoms with Crippen LogP contribution in [0.25, 0.3) is 0 Å². The molecule has 24 heavy (non-hydrogen) atoms. The van der Waals surface area contributed by atoms with Gasteiger partial charge in [-0.25, -0.2) is 8.42 Å². The van der Waals surface area contributed by atoms with Gasteiger partial charge in [0.05, 0.1) is 18.0 Å². The molecule has 0 aliphatic carbocycles. The van der Waals surface area contributed by atoms with Crippen LogP contribution >= 0.6 is 0 Å². The Morgan fingerprint density at radius 1 is 1.38 bits per heavy atom. The van der Waals surface area contributed by atoms with Gasteiger partial charge in [-0.05, 0) is 46.1 Å². The third-order valence-corrected chi connectivity index (χ3v) is 5.56. The lowest BCUT2D eigenvalue weighted by Crippen LogP contribution is -2.51. The van der Waals surface area contributed by atoms with Gasteiger partial charge in [-0.1, -0.05) is 12.1 Å². The molecule has 1 aliphatic rings. The van der Waals surface area contributed by atoms with Crippen molar-refractivity contribution in [1.29, 1.82) is 0 Å². The smallest absolute Gasteiger partial charge is 0.263 e. The first kappa shape index (κ1) is 18.5. The summed E-state index contributed by atoms with van der Waals surface area (Å²) >= 11 is 0. The van der Waals surface area contributed by atoms with E-state index in [-0.39, 0.29) is 18.2 Å². The maximum Gasteiger partial charge on any atom is 0.263 e. The first-order chi connectivity index (χ1) is 11.3. The van der Waals surface area contributed by atoms with Crippen LogP contribution in [0.5, 0.6) is 5.75 Å². The summed E-state index contributed by atoms with van der Waals surface area (Å²) in [7, 11) is 0.467. The van der Waals surface area contributed by atoms with E-state index in [9.17, 15) is 13.2 Å². The van der Waals surface area contributed by atoms with E-state index in [2.05, 4.69) is 5.32 Å². The second kappa shape index (κ2) is 7.85. The minimum Gasteiger partial charge on any atom is -0.476 e. The van der Waals surface area contributed by atoms with Gasteiger partial charge in [0.15, 0.2) is 6.10 Å². The van der Waals surface area contributed by atoms with Crippen molar-refractivity contribution >= 4 is 21.6 Å². The summed E-state index contributed by atoms with van der Waals surface area (Å²) in [5, 5.41) is 2.82. The fourth-order valence-corrected chi connectivity index (χ4v) is 3.60. The third kappa shape index (κ3) is 4.39. The molecule has 134 valence electrons. The fraction of sp³-hybridized carbons (Fsp3) is 0.562. The lowest BCUT2D eigenvalue weighted by atomic mass is 10.2. The predicted molar refractivity (Wildman–Crippen MR) is 93.8 cm³/mol. The average molecular weight is 355 g/mol. The Kier molecular flexibility index (Phi) is 6.06. The average Bonchev–Trinajstić information content (AvgIpc) is 2.57. The molecule has 1 unspecified atom stereocenters. The quantitative estimate of drug-likeness (QED) is 0.728. The maximum atomic E-state index is 12.4. The van der Waals surface area contributed by atoms with E-state index in [1.165, 1.54) is 4.31 Å². The Balaban J connectivity index is 2.10. The number of sulfonamides is 1. The van der Waals surface area contributed by atoms with Gasteiger partial charge >= 0.3 is 0 Å². The zero-order valence-corrected chi connectivity index (χ0v) is 15.2. The molecule has 1 amide bonds. The highest BCUT2D eigenvalue weighted by atomic mass is 32.2. The predicted octanol–water partition coefficient (Wildman–Crippen LogP) is 0.672. The van der Waals surface area contributed by atoms with Gasteiger partial charge in [-0.15, -0.1) is 0 Å². The molecule has 0 aromatic heterocycles. The molecule has 2 rings (SSSR count). The molecule has 1 aromatic carbocycles. The Bertz CT molecular complexity index is 676. The van der Waals surface area contributed by atoms with Crippen LogP contribution in [-0.2, 0) is 14.8 Å². The van der Waals surface area contributed by atoms with Crippen LogP contribution in [0.3, 0.4) is 0 Å². The largest absolute Gasteiger partial charge is 0.476 e.